The van der Waals surface area contributed by atoms with E-state index in [1.807, 2.05) is 42.6 Å². The van der Waals surface area contributed by atoms with E-state index < -0.39 is 0 Å². The van der Waals surface area contributed by atoms with Gasteiger partial charge in [0.15, 0.2) is 0 Å². The molecule has 0 aliphatic carbocycles. The van der Waals surface area contributed by atoms with Gasteiger partial charge in [-0.3, -0.25) is 9.69 Å². The third kappa shape index (κ3) is 4.55. The maximum Gasteiger partial charge on any atom is 0.251 e. The van der Waals surface area contributed by atoms with Crippen LogP contribution in [-0.2, 0) is 13.0 Å². The highest BCUT2D eigenvalue weighted by molar-refractivity contribution is 6.31. The Morgan fingerprint density at radius 3 is 2.86 bits per heavy atom. The van der Waals surface area contributed by atoms with E-state index in [0.29, 0.717) is 6.54 Å². The third-order valence-corrected chi connectivity index (χ3v) is 5.45. The highest BCUT2D eigenvalue weighted by atomic mass is 35.5. The van der Waals surface area contributed by atoms with Gasteiger partial charge in [0.25, 0.3) is 5.91 Å². The molecule has 28 heavy (non-hydrogen) atoms. The van der Waals surface area contributed by atoms with E-state index >= 15 is 0 Å². The van der Waals surface area contributed by atoms with E-state index in [-0.39, 0.29) is 5.91 Å². The summed E-state index contributed by atoms with van der Waals surface area (Å²) >= 11 is 6.11. The molecule has 0 saturated carbocycles. The first-order valence-electron chi connectivity index (χ1n) is 9.75. The molecule has 1 fully saturated rings. The van der Waals surface area contributed by atoms with E-state index in [0.717, 1.165) is 66.2 Å². The van der Waals surface area contributed by atoms with Crippen LogP contribution in [0.15, 0.2) is 48.7 Å². The molecular weight excluding hydrogens is 372 g/mol. The molecule has 146 valence electrons. The summed E-state index contributed by atoms with van der Waals surface area (Å²) in [5.74, 6) is -0.0277. The lowest BCUT2D eigenvalue weighted by Gasteiger charge is -2.27. The van der Waals surface area contributed by atoms with Gasteiger partial charge in [-0.15, -0.1) is 0 Å². The number of carbonyl (C=O) groups is 1. The van der Waals surface area contributed by atoms with Crippen molar-refractivity contribution in [2.45, 2.75) is 13.0 Å². The molecule has 1 aliphatic rings. The van der Waals surface area contributed by atoms with Crippen LogP contribution in [0.2, 0.25) is 5.02 Å². The number of nitrogens with one attached hydrogen (secondary N) is 3. The van der Waals surface area contributed by atoms with Gasteiger partial charge in [0.05, 0.1) is 0 Å². The highest BCUT2D eigenvalue weighted by Crippen LogP contribution is 2.22. The lowest BCUT2D eigenvalue weighted by atomic mass is 10.1. The second-order valence-corrected chi connectivity index (χ2v) is 7.67. The number of hydrogen-bond donors (Lipinski definition) is 3. The Bertz CT molecular complexity index is 962. The van der Waals surface area contributed by atoms with Crippen LogP contribution in [0.3, 0.4) is 0 Å². The van der Waals surface area contributed by atoms with Crippen molar-refractivity contribution in [2.24, 2.45) is 0 Å². The summed E-state index contributed by atoms with van der Waals surface area (Å²) in [4.78, 5) is 18.2. The lowest BCUT2D eigenvalue weighted by Crippen LogP contribution is -2.42. The number of nitrogens with zero attached hydrogens (tertiary/aromatic N) is 1. The molecule has 0 bridgehead atoms. The standard InChI is InChI=1S/C22H25ClN4O/c23-19-4-5-21-20(13-19)18(14-26-21)6-7-25-22(28)17-3-1-2-16(12-17)15-27-10-8-24-9-11-27/h1-5,12-14,24,26H,6-11,15H2,(H,25,28). The monoisotopic (exact) mass is 396 g/mol. The number of aromatic amines is 1. The van der Waals surface area contributed by atoms with Gasteiger partial charge in [-0.25, -0.2) is 0 Å². The van der Waals surface area contributed by atoms with E-state index in [4.69, 9.17) is 11.6 Å². The maximum atomic E-state index is 12.6. The zero-order valence-electron chi connectivity index (χ0n) is 15.8. The number of rotatable bonds is 6. The van der Waals surface area contributed by atoms with Crippen LogP contribution in [0.5, 0.6) is 0 Å². The van der Waals surface area contributed by atoms with Crippen molar-refractivity contribution in [1.29, 1.82) is 0 Å². The molecule has 1 saturated heterocycles. The summed E-state index contributed by atoms with van der Waals surface area (Å²) in [7, 11) is 0. The van der Waals surface area contributed by atoms with Gasteiger partial charge in [-0.2, -0.15) is 0 Å². The van der Waals surface area contributed by atoms with Gasteiger partial charge in [0, 0.05) is 67.0 Å². The number of hydrogen-bond acceptors (Lipinski definition) is 3. The number of carbonyl (C=O) groups excluding carboxylic acids is 1. The van der Waals surface area contributed by atoms with Gasteiger partial charge in [-0.1, -0.05) is 23.7 Å². The number of halogens is 1. The first kappa shape index (κ1) is 19.0. The molecule has 1 amide bonds. The van der Waals surface area contributed by atoms with Crippen molar-refractivity contribution < 1.29 is 4.79 Å². The fraction of sp³-hybridized carbons (Fsp3) is 0.318. The van der Waals surface area contributed by atoms with E-state index in [9.17, 15) is 4.79 Å². The van der Waals surface area contributed by atoms with E-state index in [1.54, 1.807) is 0 Å². The Labute approximate surface area is 170 Å². The normalized spacial score (nSPS) is 15.0. The van der Waals surface area contributed by atoms with Crippen LogP contribution >= 0.6 is 11.6 Å². The Morgan fingerprint density at radius 2 is 2.00 bits per heavy atom. The number of amides is 1. The van der Waals surface area contributed by atoms with Crippen LogP contribution in [-0.4, -0.2) is 48.5 Å². The first-order valence-corrected chi connectivity index (χ1v) is 10.1. The maximum absolute atomic E-state index is 12.6. The summed E-state index contributed by atoms with van der Waals surface area (Å²) < 4.78 is 0. The summed E-state index contributed by atoms with van der Waals surface area (Å²) in [6, 6.07) is 13.8. The van der Waals surface area contributed by atoms with Gasteiger partial charge in [-0.05, 0) is 47.9 Å². The van der Waals surface area contributed by atoms with Gasteiger partial charge < -0.3 is 15.6 Å². The number of H-pyrrole nitrogens is 1. The molecule has 6 heteroatoms. The van der Waals surface area contributed by atoms with Crippen molar-refractivity contribution in [3.8, 4) is 0 Å². The van der Waals surface area contributed by atoms with Crippen molar-refractivity contribution in [2.75, 3.05) is 32.7 Å². The molecule has 1 aliphatic heterocycles. The molecule has 0 unspecified atom stereocenters. The number of piperazine rings is 1. The Morgan fingerprint density at radius 1 is 1.14 bits per heavy atom. The van der Waals surface area contributed by atoms with Crippen LogP contribution in [0.4, 0.5) is 0 Å². The molecule has 3 aromatic rings. The summed E-state index contributed by atoms with van der Waals surface area (Å²) in [5.41, 5.74) is 4.12. The predicted molar refractivity (Wildman–Crippen MR) is 114 cm³/mol. The molecule has 2 aromatic carbocycles. The topological polar surface area (TPSA) is 60.2 Å². The number of benzene rings is 2. The van der Waals surface area contributed by atoms with Crippen molar-refractivity contribution >= 4 is 28.4 Å². The summed E-state index contributed by atoms with van der Waals surface area (Å²) in [6.07, 6.45) is 2.74. The molecular formula is C22H25ClN4O. The van der Waals surface area contributed by atoms with Crippen LogP contribution in [0.1, 0.15) is 21.5 Å². The highest BCUT2D eigenvalue weighted by Gasteiger charge is 2.12. The van der Waals surface area contributed by atoms with E-state index in [1.165, 1.54) is 5.56 Å². The Hall–Kier alpha value is -2.34. The zero-order chi connectivity index (χ0) is 19.3. The minimum Gasteiger partial charge on any atom is -0.361 e. The fourth-order valence-corrected chi connectivity index (χ4v) is 3.88. The summed E-state index contributed by atoms with van der Waals surface area (Å²) in [5, 5.41) is 8.23. The second-order valence-electron chi connectivity index (χ2n) is 7.24. The SMILES string of the molecule is O=C(NCCc1c[nH]c2ccc(Cl)cc12)c1cccc(CN2CCNCC2)c1. The van der Waals surface area contributed by atoms with Crippen LogP contribution in [0.25, 0.3) is 10.9 Å². The average Bonchev–Trinajstić information content (AvgIpc) is 3.11. The number of fused-ring (bicyclic) bond motifs is 1. The summed E-state index contributed by atoms with van der Waals surface area (Å²) in [6.45, 7) is 5.62. The Kier molecular flexibility index (Phi) is 5.95. The van der Waals surface area contributed by atoms with Crippen LogP contribution in [0, 0.1) is 0 Å². The van der Waals surface area contributed by atoms with Crippen molar-refractivity contribution in [1.82, 2.24) is 20.5 Å². The molecule has 5 nitrogen and oxygen atoms in total. The van der Waals surface area contributed by atoms with Gasteiger partial charge in [0.1, 0.15) is 0 Å². The predicted octanol–water partition coefficient (Wildman–Crippen LogP) is 3.20. The second kappa shape index (κ2) is 8.78. The minimum absolute atomic E-state index is 0.0277. The molecule has 4 rings (SSSR count). The average molecular weight is 397 g/mol. The first-order chi connectivity index (χ1) is 13.7. The van der Waals surface area contributed by atoms with Gasteiger partial charge >= 0.3 is 0 Å². The molecule has 0 atom stereocenters. The largest absolute Gasteiger partial charge is 0.361 e. The molecule has 3 N–H and O–H groups in total. The van der Waals surface area contributed by atoms with Crippen LogP contribution < -0.4 is 10.6 Å². The fourth-order valence-electron chi connectivity index (χ4n) is 3.71. The van der Waals surface area contributed by atoms with Crippen molar-refractivity contribution in [3.63, 3.8) is 0 Å². The zero-order valence-corrected chi connectivity index (χ0v) is 16.6. The molecule has 0 radical (unpaired) electrons. The smallest absolute Gasteiger partial charge is 0.251 e. The molecule has 1 aromatic heterocycles. The quantitative estimate of drug-likeness (QED) is 0.599. The van der Waals surface area contributed by atoms with Crippen molar-refractivity contribution in [3.05, 3.63) is 70.4 Å². The minimum atomic E-state index is -0.0277. The van der Waals surface area contributed by atoms with Gasteiger partial charge in [0.2, 0.25) is 0 Å². The van der Waals surface area contributed by atoms with E-state index in [2.05, 4.69) is 26.6 Å². The third-order valence-electron chi connectivity index (χ3n) is 5.21. The molecule has 2 heterocycles. The molecule has 0 spiro atoms. The lowest BCUT2D eigenvalue weighted by molar-refractivity contribution is 0.0954. The Balaban J connectivity index is 1.34. The number of aromatic nitrogens is 1.